The van der Waals surface area contributed by atoms with Gasteiger partial charge < -0.3 is 10.0 Å². The van der Waals surface area contributed by atoms with E-state index in [1.165, 1.54) is 0 Å². The molecule has 0 radical (unpaired) electrons. The number of nitrogens with zero attached hydrogens (tertiary/aromatic N) is 2. The lowest BCUT2D eigenvalue weighted by atomic mass is 9.68. The van der Waals surface area contributed by atoms with Gasteiger partial charge in [0.25, 0.3) is 0 Å². The Morgan fingerprint density at radius 2 is 1.15 bits per heavy atom. The average Bonchev–Trinajstić information content (AvgIpc) is 3.42. The number of hydrogen-bond donors (Lipinski definition) is 2. The van der Waals surface area contributed by atoms with Crippen molar-refractivity contribution in [2.24, 2.45) is 0 Å². The molecule has 2 aromatic rings. The molecule has 2 aromatic carbocycles. The summed E-state index contributed by atoms with van der Waals surface area (Å²) in [4.78, 5) is 17.1. The Labute approximate surface area is 374 Å². The Hall–Kier alpha value is -3.38. The van der Waals surface area contributed by atoms with Gasteiger partial charge in [-0.05, 0) is 70.2 Å². The van der Waals surface area contributed by atoms with Crippen LogP contribution in [0.2, 0.25) is 0 Å². The Morgan fingerprint density at radius 1 is 0.629 bits per heavy atom. The maximum atomic E-state index is 14.8. The zero-order valence-corrected chi connectivity index (χ0v) is 41.8. The minimum Gasteiger partial charge on any atom is -0.871 e. The molecule has 2 N–H and O–H groups in total. The number of likely N-dealkylation sites (N-methyl/N-ethyl adjacent to an activating group) is 2. The number of sulfonamides is 2. The highest BCUT2D eigenvalue weighted by Gasteiger charge is 2.56. The van der Waals surface area contributed by atoms with E-state index < -0.39 is 42.4 Å². The highest BCUT2D eigenvalue weighted by molar-refractivity contribution is 7.92. The fraction of sp³-hybridized carbons (Fsp3) is 0.680. The second-order valence-corrected chi connectivity index (χ2v) is 23.7. The lowest BCUT2D eigenvalue weighted by Gasteiger charge is -2.44. The number of ketones is 1. The first-order valence-electron chi connectivity index (χ1n) is 23.7. The summed E-state index contributed by atoms with van der Waals surface area (Å²) in [5.41, 5.74) is 1.79. The molecule has 0 fully saturated rings. The van der Waals surface area contributed by atoms with Crippen molar-refractivity contribution in [1.29, 1.82) is 0 Å². The summed E-state index contributed by atoms with van der Waals surface area (Å²) in [6.07, 6.45) is 14.8. The Morgan fingerprint density at radius 3 is 1.66 bits per heavy atom. The first kappa shape index (κ1) is 49.6. The number of carbonyl (C=O) groups is 1. The van der Waals surface area contributed by atoms with Crippen molar-refractivity contribution in [3.8, 4) is 0 Å². The number of unbranched alkanes of at least 4 members (excludes halogenated alkanes) is 10. The van der Waals surface area contributed by atoms with Crippen molar-refractivity contribution < 1.29 is 26.7 Å². The van der Waals surface area contributed by atoms with Crippen LogP contribution < -0.4 is 34.6 Å². The van der Waals surface area contributed by atoms with Crippen LogP contribution in [0.25, 0.3) is 11.1 Å². The second-order valence-electron chi connectivity index (χ2n) is 20.0. The van der Waals surface area contributed by atoms with Crippen LogP contribution in [0.15, 0.2) is 30.0 Å². The third-order valence-electron chi connectivity index (χ3n) is 15.5. The van der Waals surface area contributed by atoms with Crippen molar-refractivity contribution in [2.75, 3.05) is 39.9 Å². The molecule has 346 valence electrons. The molecule has 62 heavy (non-hydrogen) atoms. The molecule has 0 bridgehead atoms. The van der Waals surface area contributed by atoms with Crippen molar-refractivity contribution in [3.05, 3.63) is 57.3 Å². The predicted octanol–water partition coefficient (Wildman–Crippen LogP) is 8.65. The highest BCUT2D eigenvalue weighted by atomic mass is 32.2. The standard InChI is InChI=1S/C50H78N4O6S2/c1-13-17-19-21-23-25-29-61(57,58)51-39-33-41-37(47(5,6)49(9,27-15-3)53(41)11)31-35(39)43-45(55)44(46(43)56)36-32-38-42(54(12)50(10,28-16-4)48(38,7)8)34-40(36)52-62(59,60)30-26-24-22-20-18-14-2/h31-34H,13-30H2,1-12H3,(H2,51,52,55,56). The van der Waals surface area contributed by atoms with Gasteiger partial charge in [-0.15, -0.1) is 0 Å². The summed E-state index contributed by atoms with van der Waals surface area (Å²) in [5, 5.41) is 16.0. The number of rotatable bonds is 23. The van der Waals surface area contributed by atoms with Crippen LogP contribution in [0.1, 0.15) is 189 Å². The predicted molar refractivity (Wildman–Crippen MR) is 257 cm³/mol. The van der Waals surface area contributed by atoms with Gasteiger partial charge in [0.05, 0.1) is 28.3 Å². The smallest absolute Gasteiger partial charge is 0.232 e. The third-order valence-corrected chi connectivity index (χ3v) is 18.2. The summed E-state index contributed by atoms with van der Waals surface area (Å²) in [6, 6.07) is 7.33. The number of nitrogens with one attached hydrogen (secondary N) is 2. The topological polar surface area (TPSA) is 139 Å². The van der Waals surface area contributed by atoms with Crippen LogP contribution in [-0.4, -0.2) is 59.3 Å². The largest absolute Gasteiger partial charge is 0.871 e. The van der Waals surface area contributed by atoms with Crippen LogP contribution >= 0.6 is 0 Å². The van der Waals surface area contributed by atoms with E-state index in [0.29, 0.717) is 12.8 Å². The zero-order valence-electron chi connectivity index (χ0n) is 40.2. The Balaban J connectivity index is 1.70. The average molecular weight is 895 g/mol. The molecule has 2 heterocycles. The van der Waals surface area contributed by atoms with Gasteiger partial charge in [-0.1, -0.05) is 118 Å². The molecule has 0 amide bonds. The summed E-state index contributed by atoms with van der Waals surface area (Å²) in [5.74, 6) is -1.19. The summed E-state index contributed by atoms with van der Waals surface area (Å²) in [6.45, 7) is 21.7. The van der Waals surface area contributed by atoms with Crippen molar-refractivity contribution >= 4 is 54.0 Å². The summed E-state index contributed by atoms with van der Waals surface area (Å²) >= 11 is 0. The Bertz CT molecular complexity index is 2400. The van der Waals surface area contributed by atoms with Crippen LogP contribution in [0.4, 0.5) is 17.1 Å². The van der Waals surface area contributed by atoms with E-state index in [0.717, 1.165) is 112 Å². The number of allylic oxidation sites excluding steroid dienone is 2. The quantitative estimate of drug-likeness (QED) is 0.0842. The van der Waals surface area contributed by atoms with Gasteiger partial charge in [0.15, 0.2) is 11.3 Å². The molecule has 12 heteroatoms. The van der Waals surface area contributed by atoms with E-state index >= 15 is 0 Å². The number of anilines is 3. The van der Waals surface area contributed by atoms with Gasteiger partial charge in [-0.3, -0.25) is 14.2 Å². The van der Waals surface area contributed by atoms with Gasteiger partial charge in [-0.25, -0.2) is 21.4 Å². The van der Waals surface area contributed by atoms with E-state index in [2.05, 4.69) is 88.2 Å². The molecule has 0 saturated heterocycles. The van der Waals surface area contributed by atoms with Crippen LogP contribution in [-0.2, 0) is 35.7 Å². The lowest BCUT2D eigenvalue weighted by molar-refractivity contribution is -0.292. The molecule has 2 atom stereocenters. The normalized spacial score (nSPS) is 22.5. The fourth-order valence-corrected chi connectivity index (χ4v) is 13.0. The maximum Gasteiger partial charge on any atom is 0.232 e. The molecule has 0 spiro atoms. The van der Waals surface area contributed by atoms with Gasteiger partial charge in [0.1, 0.15) is 7.05 Å². The molecular formula is C50H78N4O6S2. The molecule has 0 aromatic heterocycles. The summed E-state index contributed by atoms with van der Waals surface area (Å²) < 4.78 is 63.1. The molecule has 10 nitrogen and oxygen atoms in total. The number of hydrogen-bond acceptors (Lipinski definition) is 7. The first-order valence-corrected chi connectivity index (χ1v) is 27.0. The van der Waals surface area contributed by atoms with Crippen molar-refractivity contribution in [2.45, 2.75) is 194 Å². The number of benzene rings is 2. The molecule has 1 aliphatic carbocycles. The van der Waals surface area contributed by atoms with Gasteiger partial charge in [0.2, 0.25) is 25.4 Å². The second kappa shape index (κ2) is 19.0. The number of carbonyl (C=O) groups excluding carboxylic acids is 1. The van der Waals surface area contributed by atoms with E-state index in [9.17, 15) is 26.7 Å². The van der Waals surface area contributed by atoms with Crippen LogP contribution in [0.5, 0.6) is 0 Å². The third kappa shape index (κ3) is 9.12. The maximum absolute atomic E-state index is 14.8. The fourth-order valence-electron chi connectivity index (χ4n) is 10.7. The zero-order chi connectivity index (χ0) is 46.1. The molecular weight excluding hydrogens is 817 g/mol. The molecule has 2 unspecified atom stereocenters. The van der Waals surface area contributed by atoms with E-state index in [4.69, 9.17) is 0 Å². The molecule has 0 saturated carbocycles. The molecule has 2 aliphatic heterocycles. The lowest BCUT2D eigenvalue weighted by Crippen LogP contribution is -2.51. The highest BCUT2D eigenvalue weighted by Crippen LogP contribution is 2.55. The van der Waals surface area contributed by atoms with E-state index in [1.807, 2.05) is 38.4 Å². The van der Waals surface area contributed by atoms with Crippen LogP contribution in [0, 0.1) is 0 Å². The van der Waals surface area contributed by atoms with E-state index in [1.54, 1.807) is 0 Å². The minimum atomic E-state index is -3.85. The number of fused-ring (bicyclic) bond motifs is 2. The van der Waals surface area contributed by atoms with E-state index in [-0.39, 0.29) is 55.9 Å². The van der Waals surface area contributed by atoms with Gasteiger partial charge >= 0.3 is 0 Å². The van der Waals surface area contributed by atoms with Gasteiger partial charge in [0, 0.05) is 70.6 Å². The monoisotopic (exact) mass is 895 g/mol. The Kier molecular flexibility index (Phi) is 15.2. The summed E-state index contributed by atoms with van der Waals surface area (Å²) in [7, 11) is -3.63. The van der Waals surface area contributed by atoms with Crippen molar-refractivity contribution in [1.82, 2.24) is 4.58 Å². The number of Topliss-reactive ketones (excluding diaryl/α,β-unsaturated/α-hetero) is 1. The minimum absolute atomic E-state index is 0.0717. The van der Waals surface area contributed by atoms with Gasteiger partial charge in [-0.2, -0.15) is 0 Å². The van der Waals surface area contributed by atoms with Crippen molar-refractivity contribution in [3.63, 3.8) is 0 Å². The first-order chi connectivity index (χ1) is 29.0. The molecule has 5 rings (SSSR count). The molecule has 3 aliphatic rings. The SMILES string of the molecule is CCCCCCCCS(=O)(=O)Nc1cc2c(cc1C1=C([O-])/C(=c3/cc4c(cc3NS(=O)(=O)CCCCCCCC)=[N+](C)C(C)(CCC)C4(C)C)C1=O)C(C)(C)C(C)(CCC)N2C. The van der Waals surface area contributed by atoms with Crippen LogP contribution in [0.3, 0.4) is 0 Å².